The molecule has 0 aliphatic heterocycles. The van der Waals surface area contributed by atoms with E-state index in [-0.39, 0.29) is 0 Å². The Bertz CT molecular complexity index is 535. The second-order valence-corrected chi connectivity index (χ2v) is 6.67. The summed E-state index contributed by atoms with van der Waals surface area (Å²) in [7, 11) is 0. The molecule has 4 heteroatoms. The molecule has 0 radical (unpaired) electrons. The first-order valence-electron chi connectivity index (χ1n) is 6.03. The molecule has 0 bridgehead atoms. The van der Waals surface area contributed by atoms with Gasteiger partial charge >= 0.3 is 0 Å². The number of hydrogen-bond donors (Lipinski definition) is 0. The predicted molar refractivity (Wildman–Crippen MR) is 77.7 cm³/mol. The van der Waals surface area contributed by atoms with Gasteiger partial charge in [0.15, 0.2) is 0 Å². The SMILES string of the molecule is Brc1cccc2cnn(C3CCCCC3Br)c12. The van der Waals surface area contributed by atoms with E-state index in [1.165, 1.54) is 36.6 Å². The highest BCUT2D eigenvalue weighted by molar-refractivity contribution is 9.10. The van der Waals surface area contributed by atoms with Crippen LogP contribution in [0, 0.1) is 0 Å². The highest BCUT2D eigenvalue weighted by Crippen LogP contribution is 2.36. The van der Waals surface area contributed by atoms with Crippen LogP contribution in [0.15, 0.2) is 28.9 Å². The van der Waals surface area contributed by atoms with Gasteiger partial charge < -0.3 is 0 Å². The Morgan fingerprint density at radius 2 is 2.06 bits per heavy atom. The fourth-order valence-corrected chi connectivity index (χ4v) is 4.03. The maximum atomic E-state index is 4.59. The third-order valence-electron chi connectivity index (χ3n) is 3.53. The molecule has 0 N–H and O–H groups in total. The monoisotopic (exact) mass is 356 g/mol. The van der Waals surface area contributed by atoms with E-state index in [0.717, 1.165) is 4.47 Å². The van der Waals surface area contributed by atoms with Crippen molar-refractivity contribution < 1.29 is 0 Å². The van der Waals surface area contributed by atoms with E-state index in [1.54, 1.807) is 0 Å². The van der Waals surface area contributed by atoms with Crippen molar-refractivity contribution in [2.45, 2.75) is 36.6 Å². The van der Waals surface area contributed by atoms with Crippen LogP contribution in [0.2, 0.25) is 0 Å². The number of alkyl halides is 1. The Morgan fingerprint density at radius 1 is 1.24 bits per heavy atom. The van der Waals surface area contributed by atoms with Gasteiger partial charge in [-0.2, -0.15) is 5.10 Å². The molecule has 1 fully saturated rings. The number of fused-ring (bicyclic) bond motifs is 1. The van der Waals surface area contributed by atoms with Gasteiger partial charge in [0.25, 0.3) is 0 Å². The Labute approximate surface area is 118 Å². The van der Waals surface area contributed by atoms with E-state index in [1.807, 2.05) is 6.20 Å². The van der Waals surface area contributed by atoms with E-state index in [2.05, 4.69) is 59.8 Å². The molecule has 2 unspecified atom stereocenters. The summed E-state index contributed by atoms with van der Waals surface area (Å²) in [5.41, 5.74) is 1.23. The second kappa shape index (κ2) is 4.73. The van der Waals surface area contributed by atoms with Gasteiger partial charge in [-0.25, -0.2) is 0 Å². The summed E-state index contributed by atoms with van der Waals surface area (Å²) in [4.78, 5) is 0.548. The van der Waals surface area contributed by atoms with Crippen molar-refractivity contribution in [3.05, 3.63) is 28.9 Å². The quantitative estimate of drug-likeness (QED) is 0.677. The Balaban J connectivity index is 2.10. The number of rotatable bonds is 1. The standard InChI is InChI=1S/C13H14Br2N2/c14-10-5-1-2-7-12(10)17-13-9(8-16-17)4-3-6-11(13)15/h3-4,6,8,10,12H,1-2,5,7H2. The van der Waals surface area contributed by atoms with Gasteiger partial charge in [0, 0.05) is 14.7 Å². The zero-order valence-electron chi connectivity index (χ0n) is 9.44. The Kier molecular flexibility index (Phi) is 3.26. The maximum absolute atomic E-state index is 4.59. The molecule has 1 aromatic carbocycles. The van der Waals surface area contributed by atoms with Crippen molar-refractivity contribution in [1.29, 1.82) is 0 Å². The number of nitrogens with zero attached hydrogens (tertiary/aromatic N) is 2. The van der Waals surface area contributed by atoms with Gasteiger partial charge in [0.1, 0.15) is 0 Å². The lowest BCUT2D eigenvalue weighted by atomic mass is 9.95. The molecule has 0 amide bonds. The second-order valence-electron chi connectivity index (χ2n) is 4.63. The van der Waals surface area contributed by atoms with E-state index in [0.29, 0.717) is 10.9 Å². The lowest BCUT2D eigenvalue weighted by Crippen LogP contribution is -2.24. The van der Waals surface area contributed by atoms with Crippen LogP contribution in [0.5, 0.6) is 0 Å². The van der Waals surface area contributed by atoms with Gasteiger partial charge in [-0.3, -0.25) is 4.68 Å². The molecule has 90 valence electrons. The van der Waals surface area contributed by atoms with E-state index in [9.17, 15) is 0 Å². The van der Waals surface area contributed by atoms with Crippen LogP contribution in [0.4, 0.5) is 0 Å². The first-order chi connectivity index (χ1) is 8.27. The Hall–Kier alpha value is -0.350. The average Bonchev–Trinajstić information content (AvgIpc) is 2.75. The number of para-hydroxylation sites is 1. The molecule has 0 saturated heterocycles. The predicted octanol–water partition coefficient (Wildman–Crippen LogP) is 4.68. The number of halogens is 2. The smallest absolute Gasteiger partial charge is 0.0828 e. The molecule has 2 nitrogen and oxygen atoms in total. The van der Waals surface area contributed by atoms with Crippen LogP contribution in [0.3, 0.4) is 0 Å². The van der Waals surface area contributed by atoms with Crippen molar-refractivity contribution in [3.63, 3.8) is 0 Å². The van der Waals surface area contributed by atoms with Crippen LogP contribution in [-0.2, 0) is 0 Å². The molecule has 3 rings (SSSR count). The third kappa shape index (κ3) is 2.06. The summed E-state index contributed by atoms with van der Waals surface area (Å²) in [6, 6.07) is 6.76. The van der Waals surface area contributed by atoms with Gasteiger partial charge in [-0.05, 0) is 34.8 Å². The van der Waals surface area contributed by atoms with Crippen molar-refractivity contribution >= 4 is 42.8 Å². The van der Waals surface area contributed by atoms with Crippen molar-refractivity contribution in [2.75, 3.05) is 0 Å². The third-order valence-corrected chi connectivity index (χ3v) is 5.24. The summed E-state index contributed by atoms with van der Waals surface area (Å²) < 4.78 is 3.33. The first-order valence-corrected chi connectivity index (χ1v) is 7.74. The molecule has 1 aromatic heterocycles. The molecule has 1 heterocycles. The van der Waals surface area contributed by atoms with E-state index < -0.39 is 0 Å². The molecule has 2 aromatic rings. The molecule has 1 aliphatic carbocycles. The highest BCUT2D eigenvalue weighted by Gasteiger charge is 2.26. The van der Waals surface area contributed by atoms with Crippen LogP contribution >= 0.6 is 31.9 Å². The summed E-state index contributed by atoms with van der Waals surface area (Å²) in [5.74, 6) is 0. The number of benzene rings is 1. The minimum Gasteiger partial charge on any atom is -0.260 e. The molecule has 0 spiro atoms. The van der Waals surface area contributed by atoms with Crippen molar-refractivity contribution in [2.24, 2.45) is 0 Å². The lowest BCUT2D eigenvalue weighted by molar-refractivity contribution is 0.352. The number of hydrogen-bond acceptors (Lipinski definition) is 1. The summed E-state index contributed by atoms with van der Waals surface area (Å²) in [6.45, 7) is 0. The van der Waals surface area contributed by atoms with E-state index >= 15 is 0 Å². The van der Waals surface area contributed by atoms with Crippen molar-refractivity contribution in [1.82, 2.24) is 9.78 Å². The zero-order valence-corrected chi connectivity index (χ0v) is 12.6. The summed E-state index contributed by atoms with van der Waals surface area (Å²) >= 11 is 7.45. The molecule has 17 heavy (non-hydrogen) atoms. The highest BCUT2D eigenvalue weighted by atomic mass is 79.9. The first kappa shape index (κ1) is 11.7. The van der Waals surface area contributed by atoms with Gasteiger partial charge in [-0.15, -0.1) is 0 Å². The van der Waals surface area contributed by atoms with Crippen LogP contribution < -0.4 is 0 Å². The van der Waals surface area contributed by atoms with Gasteiger partial charge in [-0.1, -0.05) is 40.9 Å². The molecule has 2 atom stereocenters. The molecule has 1 saturated carbocycles. The van der Waals surface area contributed by atoms with Gasteiger partial charge in [0.2, 0.25) is 0 Å². The van der Waals surface area contributed by atoms with Gasteiger partial charge in [0.05, 0.1) is 17.8 Å². The normalized spacial score (nSPS) is 25.3. The minimum atomic E-state index is 0.486. The van der Waals surface area contributed by atoms with Crippen molar-refractivity contribution in [3.8, 4) is 0 Å². The largest absolute Gasteiger partial charge is 0.260 e. The van der Waals surface area contributed by atoms with Crippen LogP contribution in [0.1, 0.15) is 31.7 Å². The molecular weight excluding hydrogens is 344 g/mol. The van der Waals surface area contributed by atoms with Crippen LogP contribution in [-0.4, -0.2) is 14.6 Å². The fraction of sp³-hybridized carbons (Fsp3) is 0.462. The fourth-order valence-electron chi connectivity index (χ4n) is 2.65. The topological polar surface area (TPSA) is 17.8 Å². The zero-order chi connectivity index (χ0) is 11.8. The van der Waals surface area contributed by atoms with Crippen LogP contribution in [0.25, 0.3) is 10.9 Å². The minimum absolute atomic E-state index is 0.486. The number of aromatic nitrogens is 2. The average molecular weight is 358 g/mol. The van der Waals surface area contributed by atoms with E-state index in [4.69, 9.17) is 0 Å². The molecular formula is C13H14Br2N2. The Morgan fingerprint density at radius 3 is 2.88 bits per heavy atom. The maximum Gasteiger partial charge on any atom is 0.0828 e. The summed E-state index contributed by atoms with van der Waals surface area (Å²) in [5, 5.41) is 5.80. The summed E-state index contributed by atoms with van der Waals surface area (Å²) in [6.07, 6.45) is 7.06. The lowest BCUT2D eigenvalue weighted by Gasteiger charge is -2.28. The molecule has 1 aliphatic rings.